The Morgan fingerprint density at radius 1 is 1.48 bits per heavy atom. The number of aromatic nitrogens is 1. The third-order valence-electron chi connectivity index (χ3n) is 3.42. The third kappa shape index (κ3) is 3.04. The number of carbonyl (C=O) groups is 1. The second kappa shape index (κ2) is 6.13. The van der Waals surface area contributed by atoms with Crippen LogP contribution in [0.15, 0.2) is 41.0 Å². The van der Waals surface area contributed by atoms with Crippen LogP contribution in [0.5, 0.6) is 0 Å². The van der Waals surface area contributed by atoms with Gasteiger partial charge in [0.25, 0.3) is 5.69 Å². The van der Waals surface area contributed by atoms with E-state index >= 15 is 0 Å². The standard InChI is InChI=1S/C14H12N4O4S/c1-8-11(13(19)16-14-15-5-6-23-14)12(22-17-8)9-3-2-4-10(7-9)18(20)21/h2-7,11-12H,1H3,(H,15,16,19)/t11-,12+/m1/s1. The molecule has 1 aliphatic rings. The number of nitro benzene ring substituents is 1. The molecule has 23 heavy (non-hydrogen) atoms. The number of nitrogens with one attached hydrogen (secondary N) is 1. The molecule has 2 heterocycles. The van der Waals surface area contributed by atoms with Crippen molar-refractivity contribution < 1.29 is 14.6 Å². The fourth-order valence-electron chi connectivity index (χ4n) is 2.34. The van der Waals surface area contributed by atoms with Crippen molar-refractivity contribution in [1.29, 1.82) is 0 Å². The zero-order valence-electron chi connectivity index (χ0n) is 12.0. The summed E-state index contributed by atoms with van der Waals surface area (Å²) in [5, 5.41) is 19.7. The van der Waals surface area contributed by atoms with Crippen molar-refractivity contribution in [3.63, 3.8) is 0 Å². The van der Waals surface area contributed by atoms with Crippen LogP contribution in [0.4, 0.5) is 10.8 Å². The lowest BCUT2D eigenvalue weighted by Gasteiger charge is -2.17. The Kier molecular flexibility index (Phi) is 4.02. The summed E-state index contributed by atoms with van der Waals surface area (Å²) in [4.78, 5) is 32.2. The molecular formula is C14H12N4O4S. The quantitative estimate of drug-likeness (QED) is 0.684. The van der Waals surface area contributed by atoms with Crippen molar-refractivity contribution in [2.45, 2.75) is 13.0 Å². The zero-order chi connectivity index (χ0) is 16.4. The first-order chi connectivity index (χ1) is 11.1. The van der Waals surface area contributed by atoms with Crippen LogP contribution in [0.1, 0.15) is 18.6 Å². The first-order valence-electron chi connectivity index (χ1n) is 6.71. The van der Waals surface area contributed by atoms with Crippen LogP contribution in [-0.2, 0) is 9.63 Å². The van der Waals surface area contributed by atoms with E-state index < -0.39 is 16.9 Å². The topological polar surface area (TPSA) is 107 Å². The molecule has 1 N–H and O–H groups in total. The summed E-state index contributed by atoms with van der Waals surface area (Å²) >= 11 is 1.30. The Morgan fingerprint density at radius 2 is 2.30 bits per heavy atom. The summed E-state index contributed by atoms with van der Waals surface area (Å²) in [5.74, 6) is -0.976. The summed E-state index contributed by atoms with van der Waals surface area (Å²) in [5.41, 5.74) is 0.976. The summed E-state index contributed by atoms with van der Waals surface area (Å²) in [7, 11) is 0. The van der Waals surface area contributed by atoms with E-state index in [1.807, 2.05) is 0 Å². The van der Waals surface area contributed by atoms with Gasteiger partial charge >= 0.3 is 0 Å². The predicted molar refractivity (Wildman–Crippen MR) is 84.3 cm³/mol. The molecule has 8 nitrogen and oxygen atoms in total. The molecule has 2 aromatic rings. The normalized spacial score (nSPS) is 19.8. The minimum atomic E-state index is -0.699. The Bertz CT molecular complexity index is 775. The molecule has 0 aliphatic carbocycles. The molecule has 118 valence electrons. The number of hydrogen-bond acceptors (Lipinski definition) is 7. The molecule has 0 saturated heterocycles. The molecule has 1 aromatic carbocycles. The Labute approximate surface area is 134 Å². The van der Waals surface area contributed by atoms with Crippen LogP contribution in [-0.4, -0.2) is 21.5 Å². The molecule has 9 heteroatoms. The van der Waals surface area contributed by atoms with Gasteiger partial charge < -0.3 is 10.2 Å². The fraction of sp³-hybridized carbons (Fsp3) is 0.214. The van der Waals surface area contributed by atoms with Crippen LogP contribution < -0.4 is 5.32 Å². The summed E-state index contributed by atoms with van der Waals surface area (Å²) in [6, 6.07) is 6.01. The summed E-state index contributed by atoms with van der Waals surface area (Å²) in [6.07, 6.45) is 0.889. The van der Waals surface area contributed by atoms with Gasteiger partial charge in [0, 0.05) is 29.3 Å². The van der Waals surface area contributed by atoms with Gasteiger partial charge in [-0.05, 0) is 6.92 Å². The van der Waals surface area contributed by atoms with Gasteiger partial charge in [0.05, 0.1) is 10.6 Å². The van der Waals surface area contributed by atoms with Crippen LogP contribution >= 0.6 is 11.3 Å². The molecule has 0 fully saturated rings. The average molecular weight is 332 g/mol. The molecule has 0 spiro atoms. The molecule has 0 unspecified atom stereocenters. The van der Waals surface area contributed by atoms with Crippen molar-refractivity contribution in [1.82, 2.24) is 4.98 Å². The van der Waals surface area contributed by atoms with E-state index in [0.717, 1.165) is 0 Å². The van der Waals surface area contributed by atoms with E-state index in [1.54, 1.807) is 30.6 Å². The second-order valence-electron chi connectivity index (χ2n) is 4.91. The van der Waals surface area contributed by atoms with Gasteiger partial charge in [-0.1, -0.05) is 17.3 Å². The van der Waals surface area contributed by atoms with Gasteiger partial charge in [0.15, 0.2) is 11.2 Å². The van der Waals surface area contributed by atoms with Gasteiger partial charge in [-0.25, -0.2) is 4.98 Å². The fourth-order valence-corrected chi connectivity index (χ4v) is 2.87. The number of hydrogen-bond donors (Lipinski definition) is 1. The van der Waals surface area contributed by atoms with Gasteiger partial charge in [-0.2, -0.15) is 0 Å². The number of rotatable bonds is 4. The van der Waals surface area contributed by atoms with Crippen molar-refractivity contribution in [3.05, 3.63) is 51.5 Å². The molecule has 0 saturated carbocycles. The Hall–Kier alpha value is -2.81. The largest absolute Gasteiger partial charge is 0.386 e. The number of amides is 1. The highest BCUT2D eigenvalue weighted by Gasteiger charge is 2.39. The number of carbonyl (C=O) groups excluding carboxylic acids is 1. The van der Waals surface area contributed by atoms with E-state index in [4.69, 9.17) is 4.84 Å². The van der Waals surface area contributed by atoms with Crippen LogP contribution in [0, 0.1) is 16.0 Å². The first-order valence-corrected chi connectivity index (χ1v) is 7.59. The number of thiazole rings is 1. The average Bonchev–Trinajstić information content (AvgIpc) is 3.16. The maximum atomic E-state index is 12.5. The highest BCUT2D eigenvalue weighted by molar-refractivity contribution is 7.13. The highest BCUT2D eigenvalue weighted by atomic mass is 32.1. The summed E-state index contributed by atoms with van der Waals surface area (Å²) in [6.45, 7) is 1.68. The van der Waals surface area contributed by atoms with Gasteiger partial charge in [-0.3, -0.25) is 14.9 Å². The molecule has 0 bridgehead atoms. The molecule has 1 aromatic heterocycles. The van der Waals surface area contributed by atoms with Crippen LogP contribution in [0.25, 0.3) is 0 Å². The number of nitrogens with zero attached hydrogens (tertiary/aromatic N) is 3. The minimum Gasteiger partial charge on any atom is -0.386 e. The first kappa shape index (κ1) is 15.1. The molecular weight excluding hydrogens is 320 g/mol. The number of benzene rings is 1. The van der Waals surface area contributed by atoms with Crippen molar-refractivity contribution in [2.75, 3.05) is 5.32 Å². The maximum absolute atomic E-state index is 12.5. The summed E-state index contributed by atoms with van der Waals surface area (Å²) < 4.78 is 0. The maximum Gasteiger partial charge on any atom is 0.269 e. The van der Waals surface area contributed by atoms with Crippen LogP contribution in [0.3, 0.4) is 0 Å². The van der Waals surface area contributed by atoms with E-state index in [1.165, 1.54) is 23.5 Å². The monoisotopic (exact) mass is 332 g/mol. The minimum absolute atomic E-state index is 0.0604. The lowest BCUT2D eigenvalue weighted by Crippen LogP contribution is -2.30. The van der Waals surface area contributed by atoms with Crippen LogP contribution in [0.2, 0.25) is 0 Å². The van der Waals surface area contributed by atoms with E-state index in [0.29, 0.717) is 16.4 Å². The highest BCUT2D eigenvalue weighted by Crippen LogP contribution is 2.35. The zero-order valence-corrected chi connectivity index (χ0v) is 12.8. The molecule has 2 atom stereocenters. The van der Waals surface area contributed by atoms with Crippen molar-refractivity contribution in [3.8, 4) is 0 Å². The van der Waals surface area contributed by atoms with Gasteiger partial charge in [0.2, 0.25) is 5.91 Å². The Morgan fingerprint density at radius 3 is 3.00 bits per heavy atom. The number of oxime groups is 1. The lowest BCUT2D eigenvalue weighted by atomic mass is 9.92. The van der Waals surface area contributed by atoms with Crippen molar-refractivity contribution in [2.24, 2.45) is 11.1 Å². The Balaban J connectivity index is 1.85. The number of anilines is 1. The lowest BCUT2D eigenvalue weighted by molar-refractivity contribution is -0.385. The predicted octanol–water partition coefficient (Wildman–Crippen LogP) is 2.75. The number of non-ortho nitro benzene ring substituents is 1. The van der Waals surface area contributed by atoms with Crippen molar-refractivity contribution >= 4 is 33.8 Å². The molecule has 1 amide bonds. The molecule has 1 aliphatic heterocycles. The molecule has 0 radical (unpaired) electrons. The van der Waals surface area contributed by atoms with E-state index in [9.17, 15) is 14.9 Å². The van der Waals surface area contributed by atoms with E-state index in [2.05, 4.69) is 15.5 Å². The van der Waals surface area contributed by atoms with E-state index in [-0.39, 0.29) is 11.6 Å². The number of nitro groups is 1. The SMILES string of the molecule is CC1=NO[C@@H](c2cccc([N+](=O)[O-])c2)[C@@H]1C(=O)Nc1nccs1. The second-order valence-corrected chi connectivity index (χ2v) is 5.81. The third-order valence-corrected chi connectivity index (χ3v) is 4.11. The smallest absolute Gasteiger partial charge is 0.269 e. The van der Waals surface area contributed by atoms with Gasteiger partial charge in [-0.15, -0.1) is 11.3 Å². The molecule has 3 rings (SSSR count). The van der Waals surface area contributed by atoms with Gasteiger partial charge in [0.1, 0.15) is 5.92 Å².